The average Bonchev–Trinajstić information content (AvgIpc) is 2.50. The van der Waals surface area contributed by atoms with Crippen molar-refractivity contribution in [3.63, 3.8) is 0 Å². The lowest BCUT2D eigenvalue weighted by Crippen LogP contribution is -2.25. The predicted molar refractivity (Wildman–Crippen MR) is 86.9 cm³/mol. The van der Waals surface area contributed by atoms with Gasteiger partial charge in [-0.1, -0.05) is 0 Å². The molecule has 0 fully saturated rings. The first-order valence-electron chi connectivity index (χ1n) is 6.94. The number of rotatable bonds is 6. The number of aromatic hydroxyl groups is 1. The van der Waals surface area contributed by atoms with Crippen LogP contribution >= 0.6 is 15.9 Å². The number of carboxylic acids is 1. The Morgan fingerprint density at radius 2 is 2.04 bits per heavy atom. The van der Waals surface area contributed by atoms with E-state index in [1.807, 2.05) is 0 Å². The molecule has 1 aromatic heterocycles. The first kappa shape index (κ1) is 17.8. The fourth-order valence-corrected chi connectivity index (χ4v) is 2.32. The molecule has 0 unspecified atom stereocenters. The van der Waals surface area contributed by atoms with E-state index >= 15 is 0 Å². The molecule has 0 aliphatic carbocycles. The number of benzene rings is 1. The van der Waals surface area contributed by atoms with E-state index in [1.54, 1.807) is 6.07 Å². The third-order valence-corrected chi connectivity index (χ3v) is 3.73. The second kappa shape index (κ2) is 7.82. The Labute approximate surface area is 144 Å². The van der Waals surface area contributed by atoms with Gasteiger partial charge in [0.2, 0.25) is 0 Å². The summed E-state index contributed by atoms with van der Waals surface area (Å²) in [5.74, 6) is -1.03. The summed E-state index contributed by atoms with van der Waals surface area (Å²) in [5.41, 5.74) is -0.0454. The van der Waals surface area contributed by atoms with Crippen LogP contribution in [-0.2, 0) is 16.1 Å². The molecule has 1 heterocycles. The number of aliphatic carboxylic acids is 1. The van der Waals surface area contributed by atoms with Gasteiger partial charge in [-0.3, -0.25) is 4.79 Å². The maximum atomic E-state index is 11.6. The number of ether oxygens (including phenoxy) is 1. The Hall–Kier alpha value is -2.55. The molecule has 3 N–H and O–H groups in total. The number of carboxylic acid groups (broad SMARTS) is 1. The number of phenolic OH excluding ortho intramolecular Hbond substituents is 1. The maximum absolute atomic E-state index is 11.6. The highest BCUT2D eigenvalue weighted by Crippen LogP contribution is 2.30. The zero-order valence-electron chi connectivity index (χ0n) is 12.4. The molecule has 1 aromatic carbocycles. The highest BCUT2D eigenvalue weighted by Gasteiger charge is 2.11. The van der Waals surface area contributed by atoms with Crippen LogP contribution in [-0.4, -0.2) is 28.8 Å². The number of hydrogen-bond donors (Lipinski definition) is 3. The van der Waals surface area contributed by atoms with E-state index in [0.717, 1.165) is 0 Å². The van der Waals surface area contributed by atoms with Crippen LogP contribution in [0.25, 0.3) is 11.0 Å². The molecule has 0 saturated carbocycles. The highest BCUT2D eigenvalue weighted by molar-refractivity contribution is 9.10. The molecule has 0 radical (unpaired) electrons. The van der Waals surface area contributed by atoms with Crippen LogP contribution in [0.3, 0.4) is 0 Å². The Kier molecular flexibility index (Phi) is 5.80. The monoisotopic (exact) mass is 399 g/mol. The molecular formula is C15H14BrNO7. The summed E-state index contributed by atoms with van der Waals surface area (Å²) in [6, 6.07) is 4.04. The number of alkyl carbamates (subject to hydrolysis) is 1. The minimum absolute atomic E-state index is 0.0534. The molecule has 8 nitrogen and oxygen atoms in total. The first-order valence-corrected chi connectivity index (χ1v) is 7.74. The molecule has 0 aliphatic rings. The second-order valence-electron chi connectivity index (χ2n) is 4.89. The second-order valence-corrected chi connectivity index (χ2v) is 5.74. The van der Waals surface area contributed by atoms with E-state index in [1.165, 1.54) is 12.1 Å². The van der Waals surface area contributed by atoms with Crippen LogP contribution < -0.4 is 10.9 Å². The van der Waals surface area contributed by atoms with Crippen LogP contribution in [0.2, 0.25) is 0 Å². The SMILES string of the molecule is O=C(O)CCCNC(=O)OCc1cc(=O)oc2cc(O)c(Br)cc12. The lowest BCUT2D eigenvalue weighted by atomic mass is 10.1. The summed E-state index contributed by atoms with van der Waals surface area (Å²) in [6.45, 7) is -0.00763. The van der Waals surface area contributed by atoms with Gasteiger partial charge in [0.25, 0.3) is 0 Å². The van der Waals surface area contributed by atoms with Gasteiger partial charge in [0.1, 0.15) is 17.9 Å². The van der Waals surface area contributed by atoms with E-state index in [0.29, 0.717) is 15.4 Å². The molecule has 1 amide bonds. The molecule has 0 spiro atoms. The van der Waals surface area contributed by atoms with Crippen molar-refractivity contribution in [2.75, 3.05) is 6.54 Å². The van der Waals surface area contributed by atoms with Crippen molar-refractivity contribution < 1.29 is 29.0 Å². The summed E-state index contributed by atoms with van der Waals surface area (Å²) in [7, 11) is 0. The summed E-state index contributed by atoms with van der Waals surface area (Å²) in [6.07, 6.45) is -0.490. The van der Waals surface area contributed by atoms with Gasteiger partial charge in [0, 0.05) is 36.0 Å². The summed E-state index contributed by atoms with van der Waals surface area (Å²) < 4.78 is 10.4. The van der Waals surface area contributed by atoms with Gasteiger partial charge in [-0.25, -0.2) is 9.59 Å². The quantitative estimate of drug-likeness (QED) is 0.502. The van der Waals surface area contributed by atoms with E-state index in [4.69, 9.17) is 14.3 Å². The Bertz CT molecular complexity index is 830. The number of hydrogen-bond acceptors (Lipinski definition) is 6. The molecule has 9 heteroatoms. The van der Waals surface area contributed by atoms with Crippen molar-refractivity contribution in [3.8, 4) is 5.75 Å². The Morgan fingerprint density at radius 3 is 2.75 bits per heavy atom. The van der Waals surface area contributed by atoms with E-state index < -0.39 is 17.7 Å². The largest absolute Gasteiger partial charge is 0.507 e. The average molecular weight is 400 g/mol. The normalized spacial score (nSPS) is 10.5. The lowest BCUT2D eigenvalue weighted by molar-refractivity contribution is -0.137. The van der Waals surface area contributed by atoms with Crippen LogP contribution in [0.1, 0.15) is 18.4 Å². The van der Waals surface area contributed by atoms with Crippen LogP contribution in [0.15, 0.2) is 31.9 Å². The van der Waals surface area contributed by atoms with Crippen molar-refractivity contribution in [2.24, 2.45) is 0 Å². The Morgan fingerprint density at radius 1 is 1.29 bits per heavy atom. The van der Waals surface area contributed by atoms with Crippen molar-refractivity contribution >= 4 is 39.0 Å². The predicted octanol–water partition coefficient (Wildman–Crippen LogP) is 2.35. The number of carbonyl (C=O) groups excluding carboxylic acids is 1. The molecule has 0 atom stereocenters. The zero-order valence-corrected chi connectivity index (χ0v) is 14.0. The van der Waals surface area contributed by atoms with E-state index in [9.17, 15) is 19.5 Å². The van der Waals surface area contributed by atoms with Gasteiger partial charge in [-0.15, -0.1) is 0 Å². The van der Waals surface area contributed by atoms with Gasteiger partial charge in [-0.2, -0.15) is 0 Å². The number of halogens is 1. The van der Waals surface area contributed by atoms with Gasteiger partial charge < -0.3 is 24.7 Å². The standard InChI is InChI=1S/C15H14BrNO7/c16-10-5-9-8(4-14(21)24-12(9)6-11(10)18)7-23-15(22)17-3-1-2-13(19)20/h4-6,18H,1-3,7H2,(H,17,22)(H,19,20). The Balaban J connectivity index is 2.04. The molecule has 2 rings (SSSR count). The number of carbonyl (C=O) groups is 2. The van der Waals surface area contributed by atoms with Crippen molar-refractivity contribution in [3.05, 3.63) is 38.7 Å². The molecule has 2 aromatic rings. The fraction of sp³-hybridized carbons (Fsp3) is 0.267. The molecule has 0 aliphatic heterocycles. The third-order valence-electron chi connectivity index (χ3n) is 3.09. The van der Waals surface area contributed by atoms with Gasteiger partial charge in [0.05, 0.1) is 4.47 Å². The van der Waals surface area contributed by atoms with E-state index in [-0.39, 0.29) is 37.3 Å². The van der Waals surface area contributed by atoms with Crippen molar-refractivity contribution in [1.82, 2.24) is 5.32 Å². The van der Waals surface area contributed by atoms with Crippen LogP contribution in [0.4, 0.5) is 4.79 Å². The number of fused-ring (bicyclic) bond motifs is 1. The number of phenols is 1. The lowest BCUT2D eigenvalue weighted by Gasteiger charge is -2.09. The minimum atomic E-state index is -0.943. The topological polar surface area (TPSA) is 126 Å². The van der Waals surface area contributed by atoms with Crippen molar-refractivity contribution in [2.45, 2.75) is 19.4 Å². The van der Waals surface area contributed by atoms with E-state index in [2.05, 4.69) is 21.2 Å². The van der Waals surface area contributed by atoms with Gasteiger partial charge in [-0.05, 0) is 28.4 Å². The summed E-state index contributed by atoms with van der Waals surface area (Å²) >= 11 is 3.16. The molecule has 0 bridgehead atoms. The first-order chi connectivity index (χ1) is 11.4. The minimum Gasteiger partial charge on any atom is -0.507 e. The number of amides is 1. The third kappa shape index (κ3) is 4.72. The molecule has 0 saturated heterocycles. The van der Waals surface area contributed by atoms with Crippen LogP contribution in [0.5, 0.6) is 5.75 Å². The maximum Gasteiger partial charge on any atom is 0.407 e. The van der Waals surface area contributed by atoms with Gasteiger partial charge >= 0.3 is 17.7 Å². The highest BCUT2D eigenvalue weighted by atomic mass is 79.9. The smallest absolute Gasteiger partial charge is 0.407 e. The van der Waals surface area contributed by atoms with Crippen molar-refractivity contribution in [1.29, 1.82) is 0 Å². The molecule has 128 valence electrons. The molecular weight excluding hydrogens is 386 g/mol. The molecule has 24 heavy (non-hydrogen) atoms. The number of nitrogens with one attached hydrogen (secondary N) is 1. The fourth-order valence-electron chi connectivity index (χ4n) is 1.98. The summed E-state index contributed by atoms with van der Waals surface area (Å²) in [4.78, 5) is 33.5. The van der Waals surface area contributed by atoms with Gasteiger partial charge in [0.15, 0.2) is 0 Å². The van der Waals surface area contributed by atoms with Crippen LogP contribution in [0, 0.1) is 0 Å². The zero-order chi connectivity index (χ0) is 17.7. The summed E-state index contributed by atoms with van der Waals surface area (Å²) in [5, 5.41) is 21.1.